The molecular formula is C20H18ClN3O2. The molecule has 26 heavy (non-hydrogen) atoms. The van der Waals surface area contributed by atoms with Gasteiger partial charge in [-0.1, -0.05) is 23.7 Å². The maximum absolute atomic E-state index is 12.2. The lowest BCUT2D eigenvalue weighted by atomic mass is 10.2. The molecule has 0 saturated carbocycles. The van der Waals surface area contributed by atoms with Gasteiger partial charge < -0.3 is 15.4 Å². The quantitative estimate of drug-likeness (QED) is 0.634. The summed E-state index contributed by atoms with van der Waals surface area (Å²) in [5.74, 6) is 1.00. The number of carbonyl (C=O) groups excluding carboxylic acids is 1. The number of aromatic nitrogens is 1. The molecular weight excluding hydrogens is 350 g/mol. The van der Waals surface area contributed by atoms with Crippen molar-refractivity contribution in [3.63, 3.8) is 0 Å². The molecule has 3 aromatic rings. The monoisotopic (exact) mass is 367 g/mol. The van der Waals surface area contributed by atoms with E-state index in [1.54, 1.807) is 36.5 Å². The number of nitrogens with zero attached hydrogens (tertiary/aromatic N) is 1. The maximum Gasteiger partial charge on any atom is 0.256 e. The smallest absolute Gasteiger partial charge is 0.256 e. The Morgan fingerprint density at radius 2 is 1.85 bits per heavy atom. The second-order valence-electron chi connectivity index (χ2n) is 5.45. The molecule has 2 N–H and O–H groups in total. The predicted molar refractivity (Wildman–Crippen MR) is 105 cm³/mol. The number of carbonyl (C=O) groups is 1. The number of pyridine rings is 1. The van der Waals surface area contributed by atoms with Gasteiger partial charge in [-0.05, 0) is 55.5 Å². The number of hydrogen-bond acceptors (Lipinski definition) is 4. The van der Waals surface area contributed by atoms with Crippen molar-refractivity contribution in [3.05, 3.63) is 77.4 Å². The van der Waals surface area contributed by atoms with Gasteiger partial charge in [-0.25, -0.2) is 4.98 Å². The van der Waals surface area contributed by atoms with Crippen molar-refractivity contribution in [1.82, 2.24) is 4.98 Å². The lowest BCUT2D eigenvalue weighted by molar-refractivity contribution is 0.102. The summed E-state index contributed by atoms with van der Waals surface area (Å²) in [6.45, 7) is 2.53. The van der Waals surface area contributed by atoms with E-state index in [-0.39, 0.29) is 5.91 Å². The van der Waals surface area contributed by atoms with E-state index in [0.717, 1.165) is 17.1 Å². The first-order valence-corrected chi connectivity index (χ1v) is 8.55. The van der Waals surface area contributed by atoms with Crippen LogP contribution in [0.15, 0.2) is 66.9 Å². The van der Waals surface area contributed by atoms with Crippen molar-refractivity contribution in [1.29, 1.82) is 0 Å². The van der Waals surface area contributed by atoms with Gasteiger partial charge in [-0.15, -0.1) is 0 Å². The summed E-state index contributed by atoms with van der Waals surface area (Å²) in [6, 6.07) is 17.9. The first kappa shape index (κ1) is 17.8. The SMILES string of the molecule is CCOc1ccccc1Nc1ccc(NC(=O)c2ccc(Cl)cc2)nc1. The second-order valence-corrected chi connectivity index (χ2v) is 5.88. The van der Waals surface area contributed by atoms with Crippen LogP contribution in [0.5, 0.6) is 5.75 Å². The normalized spacial score (nSPS) is 10.2. The van der Waals surface area contributed by atoms with Crippen molar-refractivity contribution in [2.75, 3.05) is 17.2 Å². The van der Waals surface area contributed by atoms with Crippen LogP contribution in [0.2, 0.25) is 5.02 Å². The highest BCUT2D eigenvalue weighted by Gasteiger charge is 2.07. The van der Waals surface area contributed by atoms with Gasteiger partial charge in [0.2, 0.25) is 0 Å². The highest BCUT2D eigenvalue weighted by Crippen LogP contribution is 2.27. The molecule has 0 aliphatic carbocycles. The Morgan fingerprint density at radius 1 is 1.08 bits per heavy atom. The van der Waals surface area contributed by atoms with Crippen LogP contribution in [0.25, 0.3) is 0 Å². The van der Waals surface area contributed by atoms with Crippen molar-refractivity contribution in [2.24, 2.45) is 0 Å². The largest absolute Gasteiger partial charge is 0.492 e. The molecule has 3 rings (SSSR count). The lowest BCUT2D eigenvalue weighted by Crippen LogP contribution is -2.12. The molecule has 1 aromatic heterocycles. The Bertz CT molecular complexity index is 880. The van der Waals surface area contributed by atoms with Gasteiger partial charge >= 0.3 is 0 Å². The molecule has 1 heterocycles. The summed E-state index contributed by atoms with van der Waals surface area (Å²) in [5, 5.41) is 6.60. The van der Waals surface area contributed by atoms with E-state index in [1.807, 2.05) is 37.3 Å². The molecule has 0 saturated heterocycles. The van der Waals surface area contributed by atoms with Crippen molar-refractivity contribution in [2.45, 2.75) is 6.92 Å². The molecule has 0 atom stereocenters. The zero-order chi connectivity index (χ0) is 18.4. The van der Waals surface area contributed by atoms with Gasteiger partial charge in [0.15, 0.2) is 0 Å². The number of benzene rings is 2. The van der Waals surface area contributed by atoms with E-state index in [0.29, 0.717) is 23.0 Å². The molecule has 1 amide bonds. The Labute approximate surface area is 157 Å². The number of anilines is 3. The molecule has 0 fully saturated rings. The van der Waals surface area contributed by atoms with Gasteiger partial charge in [-0.2, -0.15) is 0 Å². The minimum absolute atomic E-state index is 0.239. The summed E-state index contributed by atoms with van der Waals surface area (Å²) in [4.78, 5) is 16.5. The van der Waals surface area contributed by atoms with Crippen LogP contribution in [-0.2, 0) is 0 Å². The van der Waals surface area contributed by atoms with Crippen molar-refractivity contribution < 1.29 is 9.53 Å². The van der Waals surface area contributed by atoms with Crippen LogP contribution in [0.3, 0.4) is 0 Å². The number of amides is 1. The molecule has 0 unspecified atom stereocenters. The highest BCUT2D eigenvalue weighted by molar-refractivity contribution is 6.30. The van der Waals surface area contributed by atoms with Gasteiger partial charge in [-0.3, -0.25) is 4.79 Å². The average Bonchev–Trinajstić information content (AvgIpc) is 2.65. The van der Waals surface area contributed by atoms with E-state index in [4.69, 9.17) is 16.3 Å². The summed E-state index contributed by atoms with van der Waals surface area (Å²) in [6.07, 6.45) is 1.65. The van der Waals surface area contributed by atoms with Crippen molar-refractivity contribution >= 4 is 34.7 Å². The number of hydrogen-bond donors (Lipinski definition) is 2. The van der Waals surface area contributed by atoms with Crippen LogP contribution in [0.1, 0.15) is 17.3 Å². The maximum atomic E-state index is 12.2. The van der Waals surface area contributed by atoms with E-state index in [2.05, 4.69) is 15.6 Å². The highest BCUT2D eigenvalue weighted by atomic mass is 35.5. The molecule has 0 spiro atoms. The summed E-state index contributed by atoms with van der Waals surface area (Å²) in [5.41, 5.74) is 2.17. The molecule has 2 aromatic carbocycles. The van der Waals surface area contributed by atoms with E-state index < -0.39 is 0 Å². The Hall–Kier alpha value is -3.05. The zero-order valence-corrected chi connectivity index (χ0v) is 15.0. The van der Waals surface area contributed by atoms with Crippen LogP contribution >= 0.6 is 11.6 Å². The summed E-state index contributed by atoms with van der Waals surface area (Å²) >= 11 is 5.83. The molecule has 132 valence electrons. The fraction of sp³-hybridized carbons (Fsp3) is 0.100. The van der Waals surface area contributed by atoms with Crippen LogP contribution in [0, 0.1) is 0 Å². The Kier molecular flexibility index (Phi) is 5.71. The topological polar surface area (TPSA) is 63.2 Å². The van der Waals surface area contributed by atoms with Gasteiger partial charge in [0.05, 0.1) is 24.2 Å². The summed E-state index contributed by atoms with van der Waals surface area (Å²) < 4.78 is 5.59. The summed E-state index contributed by atoms with van der Waals surface area (Å²) in [7, 11) is 0. The zero-order valence-electron chi connectivity index (χ0n) is 14.2. The number of halogens is 1. The minimum atomic E-state index is -0.239. The van der Waals surface area contributed by atoms with Crippen molar-refractivity contribution in [3.8, 4) is 5.75 Å². The van der Waals surface area contributed by atoms with Crippen LogP contribution in [0.4, 0.5) is 17.2 Å². The van der Waals surface area contributed by atoms with Gasteiger partial charge in [0.1, 0.15) is 11.6 Å². The van der Waals surface area contributed by atoms with E-state index in [9.17, 15) is 4.79 Å². The standard InChI is InChI=1S/C20H18ClN3O2/c1-2-26-18-6-4-3-5-17(18)23-16-11-12-19(22-13-16)24-20(25)14-7-9-15(21)10-8-14/h3-13,23H,2H2,1H3,(H,22,24,25). The third kappa shape index (κ3) is 4.52. The number of ether oxygens (including phenoxy) is 1. The number of nitrogens with one attached hydrogen (secondary N) is 2. The first-order chi connectivity index (χ1) is 12.7. The molecule has 6 heteroatoms. The molecule has 0 radical (unpaired) electrons. The Balaban J connectivity index is 1.67. The second kappa shape index (κ2) is 8.36. The lowest BCUT2D eigenvalue weighted by Gasteiger charge is -2.12. The van der Waals surface area contributed by atoms with Gasteiger partial charge in [0, 0.05) is 10.6 Å². The number of rotatable bonds is 6. The van der Waals surface area contributed by atoms with E-state index >= 15 is 0 Å². The fourth-order valence-corrected chi connectivity index (χ4v) is 2.46. The average molecular weight is 368 g/mol. The predicted octanol–water partition coefficient (Wildman–Crippen LogP) is 5.13. The van der Waals surface area contributed by atoms with Crippen LogP contribution < -0.4 is 15.4 Å². The van der Waals surface area contributed by atoms with Crippen LogP contribution in [-0.4, -0.2) is 17.5 Å². The minimum Gasteiger partial charge on any atom is -0.492 e. The van der Waals surface area contributed by atoms with Gasteiger partial charge in [0.25, 0.3) is 5.91 Å². The molecule has 5 nitrogen and oxygen atoms in total. The first-order valence-electron chi connectivity index (χ1n) is 8.17. The fourth-order valence-electron chi connectivity index (χ4n) is 2.34. The third-order valence-electron chi connectivity index (χ3n) is 3.58. The molecule has 0 aliphatic rings. The molecule has 0 bridgehead atoms. The third-order valence-corrected chi connectivity index (χ3v) is 3.83. The Morgan fingerprint density at radius 3 is 2.54 bits per heavy atom. The van der Waals surface area contributed by atoms with E-state index in [1.165, 1.54) is 0 Å². The molecule has 0 aliphatic heterocycles. The number of para-hydroxylation sites is 2.